The van der Waals surface area contributed by atoms with Gasteiger partial charge in [-0.3, -0.25) is 0 Å². The van der Waals surface area contributed by atoms with Gasteiger partial charge in [0.1, 0.15) is 0 Å². The van der Waals surface area contributed by atoms with Crippen LogP contribution < -0.4 is 5.73 Å². The molecule has 0 saturated heterocycles. The van der Waals surface area contributed by atoms with Crippen LogP contribution in [0.3, 0.4) is 0 Å². The van der Waals surface area contributed by atoms with Crippen molar-refractivity contribution in [3.05, 3.63) is 33.3 Å². The highest BCUT2D eigenvalue weighted by atomic mass is 79.9. The summed E-state index contributed by atoms with van der Waals surface area (Å²) in [7, 11) is 0. The topological polar surface area (TPSA) is 26.0 Å². The highest BCUT2D eigenvalue weighted by Gasteiger charge is 2.37. The first-order chi connectivity index (χ1) is 6.59. The van der Waals surface area contributed by atoms with Gasteiger partial charge in [0.25, 0.3) is 0 Å². The SMILES string of the molecule is NC1(CCc2ccc(Cl)c(Br)c2)CC1. The summed E-state index contributed by atoms with van der Waals surface area (Å²) in [5, 5.41) is 0.766. The molecule has 0 heterocycles. The average molecular weight is 275 g/mol. The second kappa shape index (κ2) is 3.84. The molecule has 0 bridgehead atoms. The first kappa shape index (κ1) is 10.5. The Bertz CT molecular complexity index is 347. The molecule has 0 aliphatic heterocycles. The second-order valence-corrected chi connectivity index (χ2v) is 5.37. The zero-order valence-corrected chi connectivity index (χ0v) is 10.2. The molecule has 1 fully saturated rings. The van der Waals surface area contributed by atoms with Crippen molar-refractivity contribution in [1.29, 1.82) is 0 Å². The summed E-state index contributed by atoms with van der Waals surface area (Å²) in [6.07, 6.45) is 4.50. The molecule has 0 radical (unpaired) electrons. The second-order valence-electron chi connectivity index (χ2n) is 4.11. The largest absolute Gasteiger partial charge is 0.325 e. The summed E-state index contributed by atoms with van der Waals surface area (Å²) in [4.78, 5) is 0. The van der Waals surface area contributed by atoms with E-state index in [0.29, 0.717) is 0 Å². The molecule has 1 aliphatic rings. The molecule has 1 aromatic rings. The third kappa shape index (κ3) is 2.50. The van der Waals surface area contributed by atoms with Crippen LogP contribution >= 0.6 is 27.5 Å². The van der Waals surface area contributed by atoms with E-state index in [1.54, 1.807) is 0 Å². The molecule has 1 nitrogen and oxygen atoms in total. The predicted molar refractivity (Wildman–Crippen MR) is 63.6 cm³/mol. The van der Waals surface area contributed by atoms with E-state index in [1.807, 2.05) is 6.07 Å². The number of hydrogen-bond donors (Lipinski definition) is 1. The maximum atomic E-state index is 6.02. The van der Waals surface area contributed by atoms with Crippen LogP contribution in [0.25, 0.3) is 0 Å². The van der Waals surface area contributed by atoms with Gasteiger partial charge in [0.2, 0.25) is 0 Å². The fraction of sp³-hybridized carbons (Fsp3) is 0.455. The maximum Gasteiger partial charge on any atom is 0.0548 e. The van der Waals surface area contributed by atoms with Crippen LogP contribution in [0.2, 0.25) is 5.02 Å². The van der Waals surface area contributed by atoms with Gasteiger partial charge in [-0.1, -0.05) is 17.7 Å². The molecule has 1 aromatic carbocycles. The van der Waals surface area contributed by atoms with Crippen molar-refractivity contribution in [2.24, 2.45) is 5.73 Å². The van der Waals surface area contributed by atoms with Crippen LogP contribution in [0.1, 0.15) is 24.8 Å². The third-order valence-corrected chi connectivity index (χ3v) is 4.00. The molecule has 2 N–H and O–H groups in total. The van der Waals surface area contributed by atoms with Gasteiger partial charge in [0.15, 0.2) is 0 Å². The minimum absolute atomic E-state index is 0.145. The van der Waals surface area contributed by atoms with Crippen LogP contribution in [-0.2, 0) is 6.42 Å². The molecule has 1 saturated carbocycles. The Labute approximate surface area is 97.8 Å². The molecule has 2 rings (SSSR count). The highest BCUT2D eigenvalue weighted by Crippen LogP contribution is 2.36. The molecule has 0 amide bonds. The zero-order chi connectivity index (χ0) is 10.2. The predicted octanol–water partition coefficient (Wildman–Crippen LogP) is 3.53. The summed E-state index contributed by atoms with van der Waals surface area (Å²) in [5.74, 6) is 0. The van der Waals surface area contributed by atoms with Crippen LogP contribution in [-0.4, -0.2) is 5.54 Å². The number of halogens is 2. The lowest BCUT2D eigenvalue weighted by Gasteiger charge is -2.08. The lowest BCUT2D eigenvalue weighted by atomic mass is 10.0. The van der Waals surface area contributed by atoms with Crippen LogP contribution in [0.5, 0.6) is 0 Å². The number of benzene rings is 1. The molecule has 1 aliphatic carbocycles. The number of aryl methyl sites for hydroxylation is 1. The fourth-order valence-corrected chi connectivity index (χ4v) is 2.04. The maximum absolute atomic E-state index is 6.02. The summed E-state index contributed by atoms with van der Waals surface area (Å²) in [6, 6.07) is 6.07. The minimum Gasteiger partial charge on any atom is -0.325 e. The Kier molecular flexibility index (Phi) is 2.87. The molecule has 14 heavy (non-hydrogen) atoms. The Balaban J connectivity index is 1.99. The third-order valence-electron chi connectivity index (χ3n) is 2.79. The quantitative estimate of drug-likeness (QED) is 0.896. The summed E-state index contributed by atoms with van der Waals surface area (Å²) >= 11 is 9.33. The smallest absolute Gasteiger partial charge is 0.0548 e. The van der Waals surface area contributed by atoms with E-state index in [1.165, 1.54) is 18.4 Å². The molecular weight excluding hydrogens is 261 g/mol. The molecular formula is C11H13BrClN. The van der Waals surface area contributed by atoms with Gasteiger partial charge in [0.05, 0.1) is 5.02 Å². The normalized spacial score (nSPS) is 18.2. The Morgan fingerprint density at radius 3 is 2.71 bits per heavy atom. The van der Waals surface area contributed by atoms with E-state index in [4.69, 9.17) is 17.3 Å². The van der Waals surface area contributed by atoms with Crippen molar-refractivity contribution in [2.45, 2.75) is 31.2 Å². The molecule has 76 valence electrons. The zero-order valence-electron chi connectivity index (χ0n) is 7.89. The van der Waals surface area contributed by atoms with Gasteiger partial charge >= 0.3 is 0 Å². The molecule has 3 heteroatoms. The number of rotatable bonds is 3. The molecule has 0 spiro atoms. The Morgan fingerprint density at radius 1 is 1.43 bits per heavy atom. The van der Waals surface area contributed by atoms with Gasteiger partial charge in [-0.2, -0.15) is 0 Å². The van der Waals surface area contributed by atoms with Crippen molar-refractivity contribution in [2.75, 3.05) is 0 Å². The van der Waals surface area contributed by atoms with Crippen LogP contribution in [0, 0.1) is 0 Å². The molecule has 0 unspecified atom stereocenters. The van der Waals surface area contributed by atoms with Gasteiger partial charge in [-0.05, 0) is 59.3 Å². The summed E-state index contributed by atoms with van der Waals surface area (Å²) < 4.78 is 0.971. The van der Waals surface area contributed by atoms with Gasteiger partial charge in [-0.15, -0.1) is 0 Å². The fourth-order valence-electron chi connectivity index (χ4n) is 1.50. The van der Waals surface area contributed by atoms with E-state index in [0.717, 1.165) is 22.3 Å². The van der Waals surface area contributed by atoms with Crippen LogP contribution in [0.15, 0.2) is 22.7 Å². The molecule has 0 atom stereocenters. The number of nitrogens with two attached hydrogens (primary N) is 1. The summed E-state index contributed by atoms with van der Waals surface area (Å²) in [6.45, 7) is 0. The lowest BCUT2D eigenvalue weighted by molar-refractivity contribution is 0.609. The van der Waals surface area contributed by atoms with Gasteiger partial charge in [0, 0.05) is 10.0 Å². The monoisotopic (exact) mass is 273 g/mol. The average Bonchev–Trinajstić information content (AvgIpc) is 2.87. The van der Waals surface area contributed by atoms with E-state index in [-0.39, 0.29) is 5.54 Å². The van der Waals surface area contributed by atoms with Crippen molar-refractivity contribution in [1.82, 2.24) is 0 Å². The number of hydrogen-bond acceptors (Lipinski definition) is 1. The van der Waals surface area contributed by atoms with E-state index in [9.17, 15) is 0 Å². The van der Waals surface area contributed by atoms with E-state index in [2.05, 4.69) is 28.1 Å². The van der Waals surface area contributed by atoms with Crippen molar-refractivity contribution in [3.63, 3.8) is 0 Å². The van der Waals surface area contributed by atoms with Crippen molar-refractivity contribution < 1.29 is 0 Å². The lowest BCUT2D eigenvalue weighted by Crippen LogP contribution is -2.22. The Hall–Kier alpha value is -0.0500. The summed E-state index contributed by atoms with van der Waals surface area (Å²) in [5.41, 5.74) is 7.47. The molecule has 0 aromatic heterocycles. The minimum atomic E-state index is 0.145. The first-order valence-electron chi connectivity index (χ1n) is 4.82. The first-order valence-corrected chi connectivity index (χ1v) is 5.99. The van der Waals surface area contributed by atoms with E-state index >= 15 is 0 Å². The standard InChI is InChI=1S/C11H13BrClN/c12-9-7-8(1-2-10(9)13)3-4-11(14)5-6-11/h1-2,7H,3-6,14H2. The van der Waals surface area contributed by atoms with Crippen LogP contribution in [0.4, 0.5) is 0 Å². The van der Waals surface area contributed by atoms with Gasteiger partial charge < -0.3 is 5.73 Å². The van der Waals surface area contributed by atoms with E-state index < -0.39 is 0 Å². The highest BCUT2D eigenvalue weighted by molar-refractivity contribution is 9.10. The Morgan fingerprint density at radius 2 is 2.14 bits per heavy atom. The van der Waals surface area contributed by atoms with Crippen molar-refractivity contribution >= 4 is 27.5 Å². The van der Waals surface area contributed by atoms with Crippen molar-refractivity contribution in [3.8, 4) is 0 Å². The van der Waals surface area contributed by atoms with Gasteiger partial charge in [-0.25, -0.2) is 0 Å².